The van der Waals surface area contributed by atoms with E-state index in [1.807, 2.05) is 35.2 Å². The van der Waals surface area contributed by atoms with Crippen LogP contribution in [0.2, 0.25) is 5.02 Å². The first-order valence-corrected chi connectivity index (χ1v) is 9.13. The molecular formula is C21H24ClN2O+. The molecule has 0 saturated heterocycles. The third kappa shape index (κ3) is 4.50. The number of quaternary nitrogens is 1. The van der Waals surface area contributed by atoms with Crippen molar-refractivity contribution < 1.29 is 10.1 Å². The minimum Gasteiger partial charge on any atom is -0.334 e. The van der Waals surface area contributed by atoms with Crippen LogP contribution < -0.4 is 5.32 Å². The molecule has 0 spiro atoms. The monoisotopic (exact) mass is 355 g/mol. The Kier molecular flexibility index (Phi) is 5.90. The molecule has 0 radical (unpaired) electrons. The topological polar surface area (TPSA) is 36.9 Å². The molecule has 2 N–H and O–H groups in total. The Morgan fingerprint density at radius 2 is 1.88 bits per heavy atom. The predicted molar refractivity (Wildman–Crippen MR) is 102 cm³/mol. The molecule has 4 heteroatoms. The van der Waals surface area contributed by atoms with Gasteiger partial charge >= 0.3 is 0 Å². The molecule has 0 bridgehead atoms. The van der Waals surface area contributed by atoms with Crippen molar-refractivity contribution >= 4 is 23.1 Å². The van der Waals surface area contributed by atoms with Crippen molar-refractivity contribution in [3.05, 3.63) is 76.8 Å². The largest absolute Gasteiger partial charge is 0.334 e. The zero-order chi connectivity index (χ0) is 17.6. The Hall–Kier alpha value is -2.10. The smallest absolute Gasteiger partial charge is 0.277 e. The summed E-state index contributed by atoms with van der Waals surface area (Å²) in [5, 5.41) is 2.81. The Balaban J connectivity index is 1.53. The predicted octanol–water partition coefficient (Wildman–Crippen LogP) is 3.28. The molecule has 1 aliphatic rings. The number of carbonyl (C=O) groups excluding carboxylic acids is 1. The summed E-state index contributed by atoms with van der Waals surface area (Å²) in [6, 6.07) is 18.4. The summed E-state index contributed by atoms with van der Waals surface area (Å²) in [5.74, 6) is 0.183. The number of hydrogen-bond acceptors (Lipinski definition) is 1. The van der Waals surface area contributed by atoms with Crippen molar-refractivity contribution in [2.45, 2.75) is 19.4 Å². The Morgan fingerprint density at radius 3 is 2.56 bits per heavy atom. The van der Waals surface area contributed by atoms with Gasteiger partial charge in [-0.1, -0.05) is 66.2 Å². The van der Waals surface area contributed by atoms with Crippen molar-refractivity contribution in [2.75, 3.05) is 19.6 Å². The molecule has 1 atom stereocenters. The van der Waals surface area contributed by atoms with E-state index in [1.165, 1.54) is 11.1 Å². The number of carbonyl (C=O) groups is 1. The van der Waals surface area contributed by atoms with E-state index in [-0.39, 0.29) is 11.9 Å². The van der Waals surface area contributed by atoms with Gasteiger partial charge in [-0.3, -0.25) is 4.79 Å². The summed E-state index contributed by atoms with van der Waals surface area (Å²) in [6.07, 6.45) is 3.09. The van der Waals surface area contributed by atoms with Gasteiger partial charge in [0.05, 0.1) is 0 Å². The number of benzene rings is 2. The van der Waals surface area contributed by atoms with Crippen LogP contribution in [0.15, 0.2) is 60.7 Å². The van der Waals surface area contributed by atoms with E-state index in [0.29, 0.717) is 13.1 Å². The molecule has 0 saturated carbocycles. The van der Waals surface area contributed by atoms with Crippen LogP contribution in [0.5, 0.6) is 0 Å². The van der Waals surface area contributed by atoms with Gasteiger partial charge in [0.25, 0.3) is 5.91 Å². The zero-order valence-corrected chi connectivity index (χ0v) is 15.2. The highest BCUT2D eigenvalue weighted by atomic mass is 35.5. The molecule has 1 amide bonds. The highest BCUT2D eigenvalue weighted by Crippen LogP contribution is 2.22. The maximum Gasteiger partial charge on any atom is 0.277 e. The van der Waals surface area contributed by atoms with Crippen LogP contribution in [0.4, 0.5) is 0 Å². The third-order valence-corrected chi connectivity index (χ3v) is 5.09. The minimum absolute atomic E-state index is 0.165. The lowest BCUT2D eigenvalue weighted by molar-refractivity contribution is -0.683. The fourth-order valence-corrected chi connectivity index (χ4v) is 3.50. The number of nitrogens with two attached hydrogens (primary N) is 1. The van der Waals surface area contributed by atoms with Gasteiger partial charge < -0.3 is 10.2 Å². The molecule has 130 valence electrons. The molecule has 2 aromatic carbocycles. The third-order valence-electron chi connectivity index (χ3n) is 4.75. The second-order valence-corrected chi connectivity index (χ2v) is 6.84. The van der Waals surface area contributed by atoms with E-state index in [0.717, 1.165) is 23.6 Å². The summed E-state index contributed by atoms with van der Waals surface area (Å²) in [6.45, 7) is 4.00. The summed E-state index contributed by atoms with van der Waals surface area (Å²) in [7, 11) is 0. The van der Waals surface area contributed by atoms with Gasteiger partial charge in [-0.15, -0.1) is 0 Å². The highest BCUT2D eigenvalue weighted by Gasteiger charge is 2.20. The van der Waals surface area contributed by atoms with Crippen molar-refractivity contribution in [1.82, 2.24) is 4.90 Å². The first-order valence-electron chi connectivity index (χ1n) is 8.75. The lowest BCUT2D eigenvalue weighted by atomic mass is 9.99. The van der Waals surface area contributed by atoms with Gasteiger partial charge in [-0.25, -0.2) is 0 Å². The Morgan fingerprint density at radius 1 is 1.16 bits per heavy atom. The fraction of sp³-hybridized carbons (Fsp3) is 0.286. The minimum atomic E-state index is 0.165. The molecule has 0 aliphatic carbocycles. The average molecular weight is 356 g/mol. The van der Waals surface area contributed by atoms with Crippen LogP contribution in [0.1, 0.15) is 30.5 Å². The van der Waals surface area contributed by atoms with E-state index in [9.17, 15) is 4.79 Å². The average Bonchev–Trinajstić information content (AvgIpc) is 2.67. The highest BCUT2D eigenvalue weighted by molar-refractivity contribution is 6.31. The summed E-state index contributed by atoms with van der Waals surface area (Å²) in [4.78, 5) is 14.4. The van der Waals surface area contributed by atoms with Crippen molar-refractivity contribution in [3.8, 4) is 0 Å². The molecule has 0 unspecified atom stereocenters. The molecule has 0 aromatic heterocycles. The van der Waals surface area contributed by atoms with Crippen LogP contribution in [0, 0.1) is 0 Å². The second-order valence-electron chi connectivity index (χ2n) is 6.44. The summed E-state index contributed by atoms with van der Waals surface area (Å²) >= 11 is 6.23. The van der Waals surface area contributed by atoms with Gasteiger partial charge in [0.15, 0.2) is 6.54 Å². The normalized spacial score (nSPS) is 15.6. The number of amides is 1. The number of nitrogens with zero attached hydrogens (tertiary/aromatic N) is 1. The molecule has 1 aliphatic heterocycles. The molecule has 25 heavy (non-hydrogen) atoms. The van der Waals surface area contributed by atoms with Crippen LogP contribution in [-0.2, 0) is 4.79 Å². The van der Waals surface area contributed by atoms with Crippen LogP contribution in [0.3, 0.4) is 0 Å². The summed E-state index contributed by atoms with van der Waals surface area (Å²) in [5.41, 5.74) is 3.66. The fourth-order valence-electron chi connectivity index (χ4n) is 3.19. The van der Waals surface area contributed by atoms with E-state index in [4.69, 9.17) is 11.6 Å². The van der Waals surface area contributed by atoms with E-state index < -0.39 is 0 Å². The number of halogens is 1. The van der Waals surface area contributed by atoms with Crippen LogP contribution >= 0.6 is 11.6 Å². The van der Waals surface area contributed by atoms with E-state index in [2.05, 4.69) is 42.6 Å². The van der Waals surface area contributed by atoms with Crippen LogP contribution in [-0.4, -0.2) is 30.4 Å². The molecule has 3 nitrogen and oxygen atoms in total. The van der Waals surface area contributed by atoms with Crippen molar-refractivity contribution in [1.29, 1.82) is 0 Å². The standard InChI is InChI=1S/C21H23ClN2O/c1-16(19-9-5-6-10-20(19)22)23-15-21(25)24-13-11-18(12-14-24)17-7-3-2-4-8-17/h2-11,16,23H,12-15H2,1H3/p+1/t16-/m0/s1. The van der Waals surface area contributed by atoms with Gasteiger partial charge in [0.2, 0.25) is 0 Å². The van der Waals surface area contributed by atoms with Gasteiger partial charge in [0, 0.05) is 23.7 Å². The Labute approximate surface area is 154 Å². The molecule has 0 fully saturated rings. The lowest BCUT2D eigenvalue weighted by Gasteiger charge is -2.26. The van der Waals surface area contributed by atoms with Gasteiger partial charge in [0.1, 0.15) is 6.04 Å². The lowest BCUT2D eigenvalue weighted by Crippen LogP contribution is -2.87. The van der Waals surface area contributed by atoms with Crippen LogP contribution in [0.25, 0.3) is 5.57 Å². The number of rotatable bonds is 5. The van der Waals surface area contributed by atoms with Gasteiger partial charge in [-0.2, -0.15) is 0 Å². The van der Waals surface area contributed by atoms with Crippen molar-refractivity contribution in [3.63, 3.8) is 0 Å². The van der Waals surface area contributed by atoms with E-state index in [1.54, 1.807) is 0 Å². The summed E-state index contributed by atoms with van der Waals surface area (Å²) < 4.78 is 0. The maximum atomic E-state index is 12.5. The molecule has 2 aromatic rings. The second kappa shape index (κ2) is 8.32. The zero-order valence-electron chi connectivity index (χ0n) is 14.5. The molecule has 1 heterocycles. The molecule has 3 rings (SSSR count). The van der Waals surface area contributed by atoms with Gasteiger partial charge in [-0.05, 0) is 30.5 Å². The maximum absolute atomic E-state index is 12.5. The molecular weight excluding hydrogens is 332 g/mol. The van der Waals surface area contributed by atoms with E-state index >= 15 is 0 Å². The quantitative estimate of drug-likeness (QED) is 0.878. The van der Waals surface area contributed by atoms with Crippen molar-refractivity contribution in [2.24, 2.45) is 0 Å². The first kappa shape index (κ1) is 17.7. The SMILES string of the molecule is C[C@H]([NH2+]CC(=O)N1CC=C(c2ccccc2)CC1)c1ccccc1Cl. The Bertz CT molecular complexity index is 758. The number of hydrogen-bond donors (Lipinski definition) is 1. The first-order chi connectivity index (χ1) is 12.1.